The number of rotatable bonds is 2. The number of benzene rings is 1. The van der Waals surface area contributed by atoms with Gasteiger partial charge in [-0.3, -0.25) is 9.20 Å². The van der Waals surface area contributed by atoms with Gasteiger partial charge in [0.05, 0.1) is 6.04 Å². The van der Waals surface area contributed by atoms with Gasteiger partial charge < -0.3 is 4.90 Å². The summed E-state index contributed by atoms with van der Waals surface area (Å²) >= 11 is 0. The highest BCUT2D eigenvalue weighted by molar-refractivity contribution is 5.93. The monoisotopic (exact) mass is 306 g/mol. The van der Waals surface area contributed by atoms with Crippen LogP contribution in [0.5, 0.6) is 0 Å². The van der Waals surface area contributed by atoms with E-state index in [0.717, 1.165) is 19.4 Å². The number of fused-ring (bicyclic) bond motifs is 1. The molecular formula is C18H18N4O. The Bertz CT molecular complexity index is 837. The van der Waals surface area contributed by atoms with Crippen LogP contribution in [0, 0.1) is 6.92 Å². The van der Waals surface area contributed by atoms with Crippen molar-refractivity contribution in [3.8, 4) is 0 Å². The molecule has 0 unspecified atom stereocenters. The summed E-state index contributed by atoms with van der Waals surface area (Å²) in [5, 5.41) is 0. The molecule has 0 bridgehead atoms. The van der Waals surface area contributed by atoms with Gasteiger partial charge in [0, 0.05) is 25.1 Å². The van der Waals surface area contributed by atoms with Crippen LogP contribution in [0.4, 0.5) is 0 Å². The third kappa shape index (κ3) is 2.38. The summed E-state index contributed by atoms with van der Waals surface area (Å²) in [6.45, 7) is 2.88. The minimum Gasteiger partial charge on any atom is -0.330 e. The van der Waals surface area contributed by atoms with Gasteiger partial charge in [-0.2, -0.15) is 0 Å². The molecule has 2 aromatic heterocycles. The fraction of sp³-hybridized carbons (Fsp3) is 0.278. The number of aromatic nitrogens is 3. The van der Waals surface area contributed by atoms with E-state index >= 15 is 0 Å². The minimum absolute atomic E-state index is 0.0127. The van der Waals surface area contributed by atoms with E-state index in [1.807, 2.05) is 29.3 Å². The van der Waals surface area contributed by atoms with Gasteiger partial charge in [0.1, 0.15) is 5.69 Å². The molecule has 116 valence electrons. The lowest BCUT2D eigenvalue weighted by Gasteiger charge is -2.25. The summed E-state index contributed by atoms with van der Waals surface area (Å²) < 4.78 is 1.78. The zero-order valence-electron chi connectivity index (χ0n) is 13.0. The third-order valence-corrected chi connectivity index (χ3v) is 4.52. The molecule has 1 saturated heterocycles. The van der Waals surface area contributed by atoms with Crippen molar-refractivity contribution >= 4 is 11.7 Å². The summed E-state index contributed by atoms with van der Waals surface area (Å²) in [5.41, 5.74) is 2.93. The maximum Gasteiger partial charge on any atom is 0.274 e. The maximum absolute atomic E-state index is 12.9. The van der Waals surface area contributed by atoms with Crippen molar-refractivity contribution in [1.29, 1.82) is 0 Å². The van der Waals surface area contributed by atoms with Crippen molar-refractivity contribution in [2.45, 2.75) is 25.8 Å². The first-order valence-electron chi connectivity index (χ1n) is 7.90. The standard InChI is InChI=1S/C18H18N4O/c1-13-6-2-3-7-14(13)16-8-4-11-22(16)17(23)15-12-21-10-5-9-19-18(21)20-15/h2-3,5-7,9-10,12,16H,4,8,11H2,1H3/t16-/m0/s1. The zero-order valence-corrected chi connectivity index (χ0v) is 13.0. The van der Waals surface area contributed by atoms with Crippen LogP contribution in [0.3, 0.4) is 0 Å². The summed E-state index contributed by atoms with van der Waals surface area (Å²) in [6, 6.07) is 10.3. The van der Waals surface area contributed by atoms with Crippen LogP contribution in [0.2, 0.25) is 0 Å². The van der Waals surface area contributed by atoms with E-state index in [-0.39, 0.29) is 11.9 Å². The number of hydrogen-bond donors (Lipinski definition) is 0. The Morgan fingerprint density at radius 2 is 2.13 bits per heavy atom. The summed E-state index contributed by atoms with van der Waals surface area (Å²) in [5.74, 6) is 0.545. The van der Waals surface area contributed by atoms with Crippen molar-refractivity contribution in [2.75, 3.05) is 6.54 Å². The van der Waals surface area contributed by atoms with Gasteiger partial charge in [0.2, 0.25) is 5.78 Å². The van der Waals surface area contributed by atoms with E-state index in [0.29, 0.717) is 11.5 Å². The van der Waals surface area contributed by atoms with Gasteiger partial charge in [-0.25, -0.2) is 9.97 Å². The van der Waals surface area contributed by atoms with Crippen molar-refractivity contribution in [3.05, 3.63) is 65.7 Å². The first-order valence-corrected chi connectivity index (χ1v) is 7.90. The first kappa shape index (κ1) is 13.9. The Hall–Kier alpha value is -2.69. The molecule has 0 aliphatic carbocycles. The molecule has 3 heterocycles. The summed E-state index contributed by atoms with van der Waals surface area (Å²) in [7, 11) is 0. The predicted octanol–water partition coefficient (Wildman–Crippen LogP) is 3.02. The second-order valence-electron chi connectivity index (χ2n) is 5.97. The maximum atomic E-state index is 12.9. The van der Waals surface area contributed by atoms with Gasteiger partial charge in [-0.15, -0.1) is 0 Å². The van der Waals surface area contributed by atoms with Crippen LogP contribution >= 0.6 is 0 Å². The van der Waals surface area contributed by atoms with Gasteiger partial charge in [-0.1, -0.05) is 24.3 Å². The van der Waals surface area contributed by atoms with Crippen molar-refractivity contribution in [2.24, 2.45) is 0 Å². The summed E-state index contributed by atoms with van der Waals surface area (Å²) in [6.07, 6.45) is 7.33. The first-order chi connectivity index (χ1) is 11.2. The summed E-state index contributed by atoms with van der Waals surface area (Å²) in [4.78, 5) is 23.4. The molecule has 3 aromatic rings. The van der Waals surface area contributed by atoms with Crippen molar-refractivity contribution in [3.63, 3.8) is 0 Å². The molecule has 0 N–H and O–H groups in total. The number of likely N-dealkylation sites (tertiary alicyclic amines) is 1. The van der Waals surface area contributed by atoms with Crippen LogP contribution in [0.15, 0.2) is 48.9 Å². The van der Waals surface area contributed by atoms with Gasteiger partial charge in [0.25, 0.3) is 5.91 Å². The quantitative estimate of drug-likeness (QED) is 0.731. The van der Waals surface area contributed by atoms with E-state index in [4.69, 9.17) is 0 Å². The molecule has 0 radical (unpaired) electrons. The molecule has 5 heteroatoms. The molecule has 1 aliphatic heterocycles. The second kappa shape index (κ2) is 5.50. The number of carbonyl (C=O) groups is 1. The molecule has 1 amide bonds. The molecular weight excluding hydrogens is 288 g/mol. The van der Waals surface area contributed by atoms with Crippen LogP contribution in [-0.2, 0) is 0 Å². The normalized spacial score (nSPS) is 17.8. The average molecular weight is 306 g/mol. The number of carbonyl (C=O) groups excluding carboxylic acids is 1. The lowest BCUT2D eigenvalue weighted by molar-refractivity contribution is 0.0730. The van der Waals surface area contributed by atoms with E-state index < -0.39 is 0 Å². The Labute approximate surface area is 134 Å². The Balaban J connectivity index is 1.68. The number of imidazole rings is 1. The molecule has 1 aromatic carbocycles. The SMILES string of the molecule is Cc1ccccc1[C@@H]1CCCN1C(=O)c1cn2cccnc2n1. The van der Waals surface area contributed by atoms with E-state index in [1.54, 1.807) is 16.8 Å². The van der Waals surface area contributed by atoms with Crippen LogP contribution in [0.1, 0.15) is 40.5 Å². The van der Waals surface area contributed by atoms with E-state index in [1.165, 1.54) is 11.1 Å². The second-order valence-corrected chi connectivity index (χ2v) is 5.97. The number of hydrogen-bond acceptors (Lipinski definition) is 3. The van der Waals surface area contributed by atoms with Gasteiger partial charge in [-0.05, 0) is 37.0 Å². The molecule has 1 aliphatic rings. The molecule has 4 rings (SSSR count). The van der Waals surface area contributed by atoms with Crippen LogP contribution in [-0.4, -0.2) is 31.7 Å². The van der Waals surface area contributed by atoms with Crippen molar-refractivity contribution in [1.82, 2.24) is 19.3 Å². The third-order valence-electron chi connectivity index (χ3n) is 4.52. The molecule has 0 saturated carbocycles. The molecule has 1 atom stereocenters. The highest BCUT2D eigenvalue weighted by Gasteiger charge is 2.32. The fourth-order valence-electron chi connectivity index (χ4n) is 3.37. The highest BCUT2D eigenvalue weighted by atomic mass is 16.2. The fourth-order valence-corrected chi connectivity index (χ4v) is 3.37. The van der Waals surface area contributed by atoms with Gasteiger partial charge >= 0.3 is 0 Å². The number of nitrogens with zero attached hydrogens (tertiary/aromatic N) is 4. The average Bonchev–Trinajstić information content (AvgIpc) is 3.21. The minimum atomic E-state index is -0.0127. The largest absolute Gasteiger partial charge is 0.330 e. The van der Waals surface area contributed by atoms with Gasteiger partial charge in [0.15, 0.2) is 0 Å². The lowest BCUT2D eigenvalue weighted by atomic mass is 9.99. The van der Waals surface area contributed by atoms with Crippen LogP contribution < -0.4 is 0 Å². The topological polar surface area (TPSA) is 50.5 Å². The molecule has 1 fully saturated rings. The lowest BCUT2D eigenvalue weighted by Crippen LogP contribution is -2.31. The predicted molar refractivity (Wildman–Crippen MR) is 87.2 cm³/mol. The Kier molecular flexibility index (Phi) is 3.33. The van der Waals surface area contributed by atoms with E-state index in [9.17, 15) is 4.79 Å². The molecule has 5 nitrogen and oxygen atoms in total. The van der Waals surface area contributed by atoms with E-state index in [2.05, 4.69) is 29.0 Å². The number of aryl methyl sites for hydroxylation is 1. The highest BCUT2D eigenvalue weighted by Crippen LogP contribution is 2.34. The smallest absolute Gasteiger partial charge is 0.274 e. The molecule has 0 spiro atoms. The Morgan fingerprint density at radius 3 is 2.96 bits per heavy atom. The molecule has 23 heavy (non-hydrogen) atoms. The Morgan fingerprint density at radius 1 is 1.26 bits per heavy atom. The zero-order chi connectivity index (χ0) is 15.8. The van der Waals surface area contributed by atoms with Crippen LogP contribution in [0.25, 0.3) is 5.78 Å². The van der Waals surface area contributed by atoms with Crippen molar-refractivity contribution < 1.29 is 4.79 Å². The number of amides is 1.